The molecule has 0 saturated heterocycles. The van der Waals surface area contributed by atoms with E-state index in [1.165, 1.54) is 20.3 Å². The maximum Gasteiger partial charge on any atom is 0.176 e. The van der Waals surface area contributed by atoms with E-state index in [4.69, 9.17) is 9.47 Å². The molecule has 0 unspecified atom stereocenters. The van der Waals surface area contributed by atoms with Crippen molar-refractivity contribution in [2.75, 3.05) is 14.2 Å². The zero-order valence-electron chi connectivity index (χ0n) is 17.2. The van der Waals surface area contributed by atoms with Gasteiger partial charge in [-0.25, -0.2) is 0 Å². The van der Waals surface area contributed by atoms with E-state index >= 15 is 0 Å². The summed E-state index contributed by atoms with van der Waals surface area (Å²) in [5, 5.41) is 30.9. The van der Waals surface area contributed by atoms with Crippen molar-refractivity contribution in [3.05, 3.63) is 46.5 Å². The molecule has 2 aromatic rings. The summed E-state index contributed by atoms with van der Waals surface area (Å²) in [6, 6.07) is 6.81. The summed E-state index contributed by atoms with van der Waals surface area (Å²) in [5.41, 5.74) is 2.80. The molecule has 0 heterocycles. The van der Waals surface area contributed by atoms with Crippen LogP contribution in [0.3, 0.4) is 0 Å². The number of carbonyl (C=O) groups is 1. The van der Waals surface area contributed by atoms with Crippen molar-refractivity contribution in [2.45, 2.75) is 44.6 Å². The first-order valence-corrected chi connectivity index (χ1v) is 9.89. The summed E-state index contributed by atoms with van der Waals surface area (Å²) in [6.45, 7) is 0. The van der Waals surface area contributed by atoms with Gasteiger partial charge in [0.2, 0.25) is 0 Å². The van der Waals surface area contributed by atoms with Gasteiger partial charge in [-0.05, 0) is 42.5 Å². The number of rotatable bonds is 2. The lowest BCUT2D eigenvalue weighted by molar-refractivity contribution is -0.120. The smallest absolute Gasteiger partial charge is 0.176 e. The quantitative estimate of drug-likeness (QED) is 0.659. The topological polar surface area (TPSA) is 96.2 Å². The number of benzene rings is 2. The highest BCUT2D eigenvalue weighted by Crippen LogP contribution is 2.34. The number of hydrogen-bond acceptors (Lipinski definition) is 6. The molecule has 1 aliphatic rings. The van der Waals surface area contributed by atoms with Crippen molar-refractivity contribution in [1.82, 2.24) is 0 Å². The third kappa shape index (κ3) is 4.87. The van der Waals surface area contributed by atoms with Gasteiger partial charge in [-0.3, -0.25) is 4.79 Å². The maximum absolute atomic E-state index is 12.4. The van der Waals surface area contributed by atoms with E-state index in [2.05, 4.69) is 11.8 Å². The van der Waals surface area contributed by atoms with Crippen LogP contribution in [0.25, 0.3) is 0 Å². The predicted molar refractivity (Wildman–Crippen MR) is 112 cm³/mol. The molecule has 6 heteroatoms. The third-order valence-corrected chi connectivity index (χ3v) is 5.26. The highest BCUT2D eigenvalue weighted by molar-refractivity contribution is 5.79. The third-order valence-electron chi connectivity index (χ3n) is 5.26. The van der Waals surface area contributed by atoms with Crippen molar-refractivity contribution >= 4 is 5.78 Å². The summed E-state index contributed by atoms with van der Waals surface area (Å²) in [6.07, 6.45) is 1.28. The van der Waals surface area contributed by atoms with Gasteiger partial charge in [0.05, 0.1) is 25.9 Å². The van der Waals surface area contributed by atoms with E-state index in [-0.39, 0.29) is 42.3 Å². The standard InChI is InChI=1S/C24H26O6/c1-29-22-13-15-6-9-18(25)14-19(26)10-7-16-8-11-21(27)24(30-2)20(16)5-3-4-17(12-15)23(22)28/h8,11-13,18,25,27-28H,4,6-7,9-10,14H2,1-2H3/t18-/m1/s1. The molecular formula is C24H26O6. The molecule has 6 nitrogen and oxygen atoms in total. The van der Waals surface area contributed by atoms with Crippen LogP contribution in [0.2, 0.25) is 0 Å². The monoisotopic (exact) mass is 410 g/mol. The van der Waals surface area contributed by atoms with Crippen LogP contribution in [-0.2, 0) is 24.1 Å². The zero-order valence-corrected chi connectivity index (χ0v) is 17.2. The Kier molecular flexibility index (Phi) is 6.86. The Morgan fingerprint density at radius 1 is 1.03 bits per heavy atom. The Hall–Kier alpha value is -3.17. The fourth-order valence-electron chi connectivity index (χ4n) is 3.63. The van der Waals surface area contributed by atoms with Crippen LogP contribution in [0.15, 0.2) is 24.3 Å². The molecule has 1 aliphatic carbocycles. The Labute approximate surface area is 176 Å². The summed E-state index contributed by atoms with van der Waals surface area (Å²) in [4.78, 5) is 12.4. The number of aryl methyl sites for hydroxylation is 2. The van der Waals surface area contributed by atoms with E-state index in [0.29, 0.717) is 36.1 Å². The molecule has 0 spiro atoms. The lowest BCUT2D eigenvalue weighted by Crippen LogP contribution is -2.15. The molecule has 3 N–H and O–H groups in total. The van der Waals surface area contributed by atoms with Gasteiger partial charge in [-0.2, -0.15) is 0 Å². The minimum atomic E-state index is -0.740. The van der Waals surface area contributed by atoms with Crippen LogP contribution < -0.4 is 9.47 Å². The van der Waals surface area contributed by atoms with Crippen molar-refractivity contribution < 1.29 is 29.6 Å². The second-order valence-corrected chi connectivity index (χ2v) is 7.37. The highest BCUT2D eigenvalue weighted by Gasteiger charge is 2.17. The molecular weight excluding hydrogens is 384 g/mol. The summed E-state index contributed by atoms with van der Waals surface area (Å²) in [7, 11) is 2.93. The van der Waals surface area contributed by atoms with Crippen LogP contribution in [0.5, 0.6) is 23.0 Å². The van der Waals surface area contributed by atoms with Gasteiger partial charge >= 0.3 is 0 Å². The number of aliphatic hydroxyl groups is 1. The fraction of sp³-hybridized carbons (Fsp3) is 0.375. The molecule has 3 rings (SSSR count). The SMILES string of the molecule is COc1cc2cc(c1O)CC#Cc1c(ccc(O)c1OC)CCC(=O)C[C@H](O)CC2. The number of Topliss-reactive ketones (excluding diaryl/α,β-unsaturated/α-hetero) is 1. The first kappa shape index (κ1) is 21.5. The number of hydrogen-bond donors (Lipinski definition) is 3. The van der Waals surface area contributed by atoms with Crippen molar-refractivity contribution in [2.24, 2.45) is 0 Å². The van der Waals surface area contributed by atoms with Gasteiger partial charge < -0.3 is 24.8 Å². The lowest BCUT2D eigenvalue weighted by Gasteiger charge is -2.13. The molecule has 1 atom stereocenters. The molecule has 158 valence electrons. The highest BCUT2D eigenvalue weighted by atomic mass is 16.5. The number of fused-ring (bicyclic) bond motifs is 3. The average Bonchev–Trinajstić information content (AvgIpc) is 2.73. The van der Waals surface area contributed by atoms with Crippen molar-refractivity contribution in [1.29, 1.82) is 0 Å². The molecule has 0 saturated carbocycles. The van der Waals surface area contributed by atoms with Gasteiger partial charge in [0.1, 0.15) is 5.78 Å². The van der Waals surface area contributed by atoms with E-state index in [0.717, 1.165) is 11.1 Å². The Morgan fingerprint density at radius 3 is 2.57 bits per heavy atom. The van der Waals surface area contributed by atoms with E-state index < -0.39 is 6.10 Å². The molecule has 0 amide bonds. The summed E-state index contributed by atoms with van der Waals surface area (Å²) < 4.78 is 10.6. The number of ketones is 1. The normalized spacial score (nSPS) is 17.0. The van der Waals surface area contributed by atoms with E-state index in [1.54, 1.807) is 12.1 Å². The molecule has 0 radical (unpaired) electrons. The summed E-state index contributed by atoms with van der Waals surface area (Å²) in [5.74, 6) is 6.65. The Balaban J connectivity index is 2.08. The van der Waals surface area contributed by atoms with Gasteiger partial charge in [-0.1, -0.05) is 24.0 Å². The maximum atomic E-state index is 12.4. The van der Waals surface area contributed by atoms with Crippen LogP contribution in [0, 0.1) is 11.8 Å². The van der Waals surface area contributed by atoms with Gasteiger partial charge in [0.15, 0.2) is 23.0 Å². The van der Waals surface area contributed by atoms with Crippen LogP contribution in [0.1, 0.15) is 41.5 Å². The second kappa shape index (κ2) is 9.55. The van der Waals surface area contributed by atoms with Gasteiger partial charge in [0, 0.05) is 24.8 Å². The largest absolute Gasteiger partial charge is 0.504 e. The number of phenols is 2. The van der Waals surface area contributed by atoms with Crippen LogP contribution in [-0.4, -0.2) is 41.4 Å². The van der Waals surface area contributed by atoms with Gasteiger partial charge in [-0.15, -0.1) is 0 Å². The zero-order chi connectivity index (χ0) is 21.7. The lowest BCUT2D eigenvalue weighted by atomic mass is 9.97. The Morgan fingerprint density at radius 2 is 1.83 bits per heavy atom. The predicted octanol–water partition coefficient (Wildman–Crippen LogP) is 2.91. The number of aromatic hydroxyl groups is 2. The van der Waals surface area contributed by atoms with Crippen molar-refractivity contribution in [3.8, 4) is 34.8 Å². The molecule has 0 fully saturated rings. The minimum Gasteiger partial charge on any atom is -0.504 e. The molecule has 0 aromatic heterocycles. The number of ether oxygens (including phenoxy) is 2. The van der Waals surface area contributed by atoms with Crippen LogP contribution >= 0.6 is 0 Å². The fourth-order valence-corrected chi connectivity index (χ4v) is 3.63. The van der Waals surface area contributed by atoms with E-state index in [1.807, 2.05) is 6.07 Å². The molecule has 2 aromatic carbocycles. The first-order valence-electron chi connectivity index (χ1n) is 9.89. The number of methoxy groups -OCH3 is 2. The second-order valence-electron chi connectivity index (χ2n) is 7.37. The molecule has 30 heavy (non-hydrogen) atoms. The number of carbonyl (C=O) groups excluding carboxylic acids is 1. The first-order chi connectivity index (χ1) is 14.4. The number of aliphatic hydroxyl groups excluding tert-OH is 1. The molecule has 0 aliphatic heterocycles. The van der Waals surface area contributed by atoms with Gasteiger partial charge in [0.25, 0.3) is 0 Å². The van der Waals surface area contributed by atoms with Crippen molar-refractivity contribution in [3.63, 3.8) is 0 Å². The molecule has 2 bridgehead atoms. The number of phenolic OH excluding ortho intramolecular Hbond substituents is 2. The minimum absolute atomic E-state index is 0.0266. The summed E-state index contributed by atoms with van der Waals surface area (Å²) >= 11 is 0. The van der Waals surface area contributed by atoms with E-state index in [9.17, 15) is 20.1 Å². The Bertz CT molecular complexity index is 999. The van der Waals surface area contributed by atoms with Crippen LogP contribution in [0.4, 0.5) is 0 Å². The average molecular weight is 410 g/mol.